The molecule has 0 aliphatic rings. The molecule has 80 valence electrons. The number of sulfone groups is 1. The van der Waals surface area contributed by atoms with Gasteiger partial charge in [-0.1, -0.05) is 0 Å². The molecule has 0 spiro atoms. The van der Waals surface area contributed by atoms with E-state index in [2.05, 4.69) is 0 Å². The van der Waals surface area contributed by atoms with E-state index in [-0.39, 0.29) is 11.8 Å². The Morgan fingerprint density at radius 2 is 2.00 bits per heavy atom. The minimum absolute atomic E-state index is 0.0842. The highest BCUT2D eigenvalue weighted by Crippen LogP contribution is 1.94. The largest absolute Gasteiger partial charge is 0.327 e. The molecule has 0 rings (SSSR count). The van der Waals surface area contributed by atoms with E-state index in [4.69, 9.17) is 5.73 Å². The molecule has 0 bridgehead atoms. The summed E-state index contributed by atoms with van der Waals surface area (Å²) in [6.45, 7) is 1.79. The molecule has 0 heterocycles. The predicted molar refractivity (Wildman–Crippen MR) is 55.9 cm³/mol. The summed E-state index contributed by atoms with van der Waals surface area (Å²) in [5, 5.41) is 0. The zero-order valence-electron chi connectivity index (χ0n) is 8.02. The maximum Gasteiger partial charge on any atom is 0.147 e. The highest BCUT2D eigenvalue weighted by molar-refractivity contribution is 7.90. The number of hydrogen-bond donors (Lipinski definition) is 1. The fraction of sp³-hybridized carbons (Fsp3) is 1.00. The highest BCUT2D eigenvalue weighted by Gasteiger charge is 2.06. The van der Waals surface area contributed by atoms with Gasteiger partial charge in [-0.15, -0.1) is 0 Å². The fourth-order valence-electron chi connectivity index (χ4n) is 0.859. The first kappa shape index (κ1) is 13.1. The van der Waals surface area contributed by atoms with E-state index in [0.717, 1.165) is 0 Å². The van der Waals surface area contributed by atoms with E-state index in [1.807, 2.05) is 0 Å². The molecule has 0 saturated heterocycles. The van der Waals surface area contributed by atoms with Gasteiger partial charge in [0, 0.05) is 34.6 Å². The van der Waals surface area contributed by atoms with Crippen LogP contribution in [-0.2, 0) is 20.6 Å². The lowest BCUT2D eigenvalue weighted by molar-refractivity contribution is 0.600. The summed E-state index contributed by atoms with van der Waals surface area (Å²) < 4.78 is 32.6. The van der Waals surface area contributed by atoms with Crippen molar-refractivity contribution >= 4 is 20.6 Å². The molecule has 0 amide bonds. The maximum atomic E-state index is 11.2. The summed E-state index contributed by atoms with van der Waals surface area (Å²) in [6.07, 6.45) is 1.64. The zero-order chi connectivity index (χ0) is 10.5. The van der Waals surface area contributed by atoms with Crippen molar-refractivity contribution in [3.05, 3.63) is 0 Å². The number of hydrogen-bond acceptors (Lipinski definition) is 4. The Labute approximate surface area is 82.3 Å². The normalized spacial score (nSPS) is 16.8. The van der Waals surface area contributed by atoms with Crippen LogP contribution in [0, 0.1) is 0 Å². The van der Waals surface area contributed by atoms with Crippen LogP contribution in [0.4, 0.5) is 0 Å². The van der Waals surface area contributed by atoms with E-state index in [1.54, 1.807) is 6.92 Å². The van der Waals surface area contributed by atoms with E-state index in [1.165, 1.54) is 6.26 Å². The third kappa shape index (κ3) is 9.98. The summed E-state index contributed by atoms with van der Waals surface area (Å²) in [7, 11) is -3.89. The molecule has 0 fully saturated rings. The Bertz CT molecular complexity index is 259. The van der Waals surface area contributed by atoms with Crippen molar-refractivity contribution in [2.75, 3.05) is 23.5 Å². The molecule has 0 aromatic rings. The van der Waals surface area contributed by atoms with Crippen LogP contribution in [0.1, 0.15) is 13.3 Å². The predicted octanol–water partition coefficient (Wildman–Crippen LogP) is -0.483. The van der Waals surface area contributed by atoms with Gasteiger partial charge in [-0.05, 0) is 13.3 Å². The molecule has 0 saturated carbocycles. The topological polar surface area (TPSA) is 77.2 Å². The van der Waals surface area contributed by atoms with Crippen molar-refractivity contribution < 1.29 is 12.6 Å². The zero-order valence-corrected chi connectivity index (χ0v) is 9.66. The monoisotopic (exact) mass is 227 g/mol. The van der Waals surface area contributed by atoms with Gasteiger partial charge in [0.05, 0.1) is 5.75 Å². The van der Waals surface area contributed by atoms with Gasteiger partial charge in [-0.3, -0.25) is 4.21 Å². The summed E-state index contributed by atoms with van der Waals surface area (Å²) in [6, 6.07) is -0.0842. The van der Waals surface area contributed by atoms with Crippen LogP contribution < -0.4 is 5.73 Å². The highest BCUT2D eigenvalue weighted by atomic mass is 32.2. The first-order chi connectivity index (χ1) is 5.81. The van der Waals surface area contributed by atoms with Gasteiger partial charge in [-0.25, -0.2) is 8.42 Å². The van der Waals surface area contributed by atoms with Crippen LogP contribution in [-0.4, -0.2) is 42.2 Å². The summed E-state index contributed by atoms with van der Waals surface area (Å²) in [5.41, 5.74) is 5.44. The number of rotatable bonds is 6. The van der Waals surface area contributed by atoms with Crippen molar-refractivity contribution in [2.24, 2.45) is 5.73 Å². The van der Waals surface area contributed by atoms with Gasteiger partial charge in [0.25, 0.3) is 0 Å². The molecule has 0 aromatic heterocycles. The van der Waals surface area contributed by atoms with E-state index >= 15 is 0 Å². The van der Waals surface area contributed by atoms with Gasteiger partial charge >= 0.3 is 0 Å². The SMILES string of the molecule is CC(N)CS(=O)CCCS(C)(=O)=O. The Hall–Kier alpha value is 0.0600. The van der Waals surface area contributed by atoms with E-state index in [0.29, 0.717) is 17.9 Å². The molecule has 2 N–H and O–H groups in total. The van der Waals surface area contributed by atoms with Crippen LogP contribution in [0.5, 0.6) is 0 Å². The lowest BCUT2D eigenvalue weighted by atomic mass is 10.4. The smallest absolute Gasteiger partial charge is 0.147 e. The Morgan fingerprint density at radius 1 is 1.46 bits per heavy atom. The quantitative estimate of drug-likeness (QED) is 0.664. The van der Waals surface area contributed by atoms with Crippen molar-refractivity contribution in [1.82, 2.24) is 0 Å². The molecule has 13 heavy (non-hydrogen) atoms. The van der Waals surface area contributed by atoms with Gasteiger partial charge in [0.1, 0.15) is 9.84 Å². The van der Waals surface area contributed by atoms with Gasteiger partial charge in [-0.2, -0.15) is 0 Å². The minimum atomic E-state index is -2.91. The van der Waals surface area contributed by atoms with Crippen LogP contribution in [0.3, 0.4) is 0 Å². The van der Waals surface area contributed by atoms with Gasteiger partial charge in [0.2, 0.25) is 0 Å². The van der Waals surface area contributed by atoms with Crippen molar-refractivity contribution in [3.8, 4) is 0 Å². The van der Waals surface area contributed by atoms with Gasteiger partial charge < -0.3 is 5.73 Å². The fourth-order valence-corrected chi connectivity index (χ4v) is 2.93. The molecule has 4 nitrogen and oxygen atoms in total. The standard InChI is InChI=1S/C7H17NO3S2/c1-7(8)6-12(9)4-3-5-13(2,10)11/h7H,3-6,8H2,1-2H3. The van der Waals surface area contributed by atoms with Crippen molar-refractivity contribution in [2.45, 2.75) is 19.4 Å². The molecule has 2 unspecified atom stereocenters. The summed E-state index contributed by atoms with van der Waals surface area (Å²) >= 11 is 0. The summed E-state index contributed by atoms with van der Waals surface area (Å²) in [4.78, 5) is 0. The van der Waals surface area contributed by atoms with Crippen LogP contribution in [0.25, 0.3) is 0 Å². The Balaban J connectivity index is 3.61. The van der Waals surface area contributed by atoms with Crippen molar-refractivity contribution in [3.63, 3.8) is 0 Å². The Kier molecular flexibility index (Phi) is 5.75. The maximum absolute atomic E-state index is 11.2. The van der Waals surface area contributed by atoms with Crippen molar-refractivity contribution in [1.29, 1.82) is 0 Å². The minimum Gasteiger partial charge on any atom is -0.327 e. The second-order valence-electron chi connectivity index (χ2n) is 3.27. The first-order valence-corrected chi connectivity index (χ1v) is 7.64. The second kappa shape index (κ2) is 5.72. The molecule has 2 atom stereocenters. The summed E-state index contributed by atoms with van der Waals surface area (Å²) in [5.74, 6) is 0.982. The van der Waals surface area contributed by atoms with Gasteiger partial charge in [0.15, 0.2) is 0 Å². The molecule has 0 aliphatic carbocycles. The van der Waals surface area contributed by atoms with Crippen LogP contribution in [0.15, 0.2) is 0 Å². The molecule has 0 aliphatic heterocycles. The number of nitrogens with two attached hydrogens (primary N) is 1. The molecule has 0 aromatic carbocycles. The first-order valence-electron chi connectivity index (χ1n) is 4.09. The molecule has 0 radical (unpaired) electrons. The molecule has 6 heteroatoms. The average Bonchev–Trinajstić information content (AvgIpc) is 1.81. The third-order valence-corrected chi connectivity index (χ3v) is 4.01. The van der Waals surface area contributed by atoms with E-state index < -0.39 is 20.6 Å². The lowest BCUT2D eigenvalue weighted by Gasteiger charge is -2.04. The second-order valence-corrected chi connectivity index (χ2v) is 7.15. The average molecular weight is 227 g/mol. The molecular formula is C7H17NO3S2. The van der Waals surface area contributed by atoms with E-state index in [9.17, 15) is 12.6 Å². The third-order valence-electron chi connectivity index (χ3n) is 1.34. The van der Waals surface area contributed by atoms with Crippen LogP contribution in [0.2, 0.25) is 0 Å². The van der Waals surface area contributed by atoms with Crippen LogP contribution >= 0.6 is 0 Å². The Morgan fingerprint density at radius 3 is 2.38 bits per heavy atom. The molecular weight excluding hydrogens is 210 g/mol. The lowest BCUT2D eigenvalue weighted by Crippen LogP contribution is -2.24.